The second-order valence-corrected chi connectivity index (χ2v) is 7.22. The summed E-state index contributed by atoms with van der Waals surface area (Å²) in [6.45, 7) is 3.13. The summed E-state index contributed by atoms with van der Waals surface area (Å²) in [7, 11) is -3.49. The minimum Gasteiger partial charge on any atom is -0.379 e. The molecule has 2 saturated heterocycles. The topological polar surface area (TPSA) is 105 Å². The Hall–Kier alpha value is -0.450. The molecule has 0 aromatic heterocycles. The number of rotatable bonds is 5. The van der Waals surface area contributed by atoms with Gasteiger partial charge in [-0.25, -0.2) is 0 Å². The highest BCUT2D eigenvalue weighted by Gasteiger charge is 2.36. The van der Waals surface area contributed by atoms with Crippen LogP contribution >= 0.6 is 12.4 Å². The van der Waals surface area contributed by atoms with E-state index in [-0.39, 0.29) is 30.8 Å². The van der Waals surface area contributed by atoms with Gasteiger partial charge in [-0.05, 0) is 12.8 Å². The number of hydrogen-bond acceptors (Lipinski definition) is 5. The fourth-order valence-electron chi connectivity index (χ4n) is 2.65. The zero-order chi connectivity index (χ0) is 15.3. The smallest absolute Gasteiger partial charge is 0.282 e. The standard InChI is InChI=1S/C12H24N4O4S.ClH/c13-3-4-14-12(17)11-2-1-5-16(10-11)21(18,19)15-6-8-20-9-7-15;/h11H,1-10,13H2,(H,14,17);1H. The minimum atomic E-state index is -3.49. The molecule has 2 fully saturated rings. The number of nitrogens with zero attached hydrogens (tertiary/aromatic N) is 2. The van der Waals surface area contributed by atoms with E-state index in [0.717, 1.165) is 0 Å². The van der Waals surface area contributed by atoms with Gasteiger partial charge in [-0.3, -0.25) is 4.79 Å². The van der Waals surface area contributed by atoms with Crippen molar-refractivity contribution in [3.8, 4) is 0 Å². The second kappa shape index (κ2) is 8.99. The maximum Gasteiger partial charge on any atom is 0.282 e. The molecule has 22 heavy (non-hydrogen) atoms. The Labute approximate surface area is 137 Å². The summed E-state index contributed by atoms with van der Waals surface area (Å²) in [6.07, 6.45) is 1.41. The maximum atomic E-state index is 12.6. The minimum absolute atomic E-state index is 0. The molecule has 0 aliphatic carbocycles. The molecule has 0 spiro atoms. The van der Waals surface area contributed by atoms with Crippen molar-refractivity contribution in [2.45, 2.75) is 12.8 Å². The summed E-state index contributed by atoms with van der Waals surface area (Å²) in [5.41, 5.74) is 5.36. The fourth-order valence-corrected chi connectivity index (χ4v) is 4.31. The third-order valence-corrected chi connectivity index (χ3v) is 5.82. The first kappa shape index (κ1) is 19.6. The number of hydrogen-bond donors (Lipinski definition) is 2. The summed E-state index contributed by atoms with van der Waals surface area (Å²) >= 11 is 0. The van der Waals surface area contributed by atoms with E-state index in [0.29, 0.717) is 58.8 Å². The Morgan fingerprint density at radius 2 is 1.91 bits per heavy atom. The molecule has 0 aromatic rings. The fraction of sp³-hybridized carbons (Fsp3) is 0.917. The molecule has 2 aliphatic heterocycles. The van der Waals surface area contributed by atoms with Gasteiger partial charge in [-0.1, -0.05) is 0 Å². The first-order valence-electron chi connectivity index (χ1n) is 7.36. The van der Waals surface area contributed by atoms with Crippen LogP contribution in [0.1, 0.15) is 12.8 Å². The average molecular weight is 357 g/mol. The number of halogens is 1. The first-order chi connectivity index (χ1) is 10.1. The monoisotopic (exact) mass is 356 g/mol. The zero-order valence-corrected chi connectivity index (χ0v) is 14.2. The lowest BCUT2D eigenvalue weighted by Gasteiger charge is -2.36. The van der Waals surface area contributed by atoms with Gasteiger partial charge in [0.15, 0.2) is 0 Å². The first-order valence-corrected chi connectivity index (χ1v) is 8.76. The van der Waals surface area contributed by atoms with E-state index in [4.69, 9.17) is 10.5 Å². The van der Waals surface area contributed by atoms with E-state index in [1.807, 2.05) is 0 Å². The van der Waals surface area contributed by atoms with Crippen molar-refractivity contribution < 1.29 is 17.9 Å². The molecule has 1 amide bonds. The summed E-state index contributed by atoms with van der Waals surface area (Å²) in [5.74, 6) is -0.400. The lowest BCUT2D eigenvalue weighted by Crippen LogP contribution is -2.53. The number of ether oxygens (including phenoxy) is 1. The number of nitrogens with one attached hydrogen (secondary N) is 1. The van der Waals surface area contributed by atoms with E-state index in [1.165, 1.54) is 8.61 Å². The van der Waals surface area contributed by atoms with Gasteiger partial charge in [0.2, 0.25) is 5.91 Å². The molecule has 0 radical (unpaired) electrons. The van der Waals surface area contributed by atoms with Gasteiger partial charge < -0.3 is 15.8 Å². The van der Waals surface area contributed by atoms with Crippen LogP contribution in [0.25, 0.3) is 0 Å². The maximum absolute atomic E-state index is 12.6. The molecule has 10 heteroatoms. The van der Waals surface area contributed by atoms with Gasteiger partial charge in [-0.15, -0.1) is 12.4 Å². The van der Waals surface area contributed by atoms with E-state index in [1.54, 1.807) is 0 Å². The van der Waals surface area contributed by atoms with Crippen LogP contribution in [-0.4, -0.2) is 75.4 Å². The molecule has 8 nitrogen and oxygen atoms in total. The van der Waals surface area contributed by atoms with Gasteiger partial charge in [0, 0.05) is 39.3 Å². The summed E-state index contributed by atoms with van der Waals surface area (Å²) < 4.78 is 33.2. The van der Waals surface area contributed by atoms with Gasteiger partial charge in [0.1, 0.15) is 0 Å². The predicted octanol–water partition coefficient (Wildman–Crippen LogP) is -1.23. The molecule has 1 atom stereocenters. The average Bonchev–Trinajstić information content (AvgIpc) is 2.53. The Balaban J connectivity index is 0.00000242. The third kappa shape index (κ3) is 4.77. The molecule has 0 bridgehead atoms. The molecule has 2 rings (SSSR count). The number of amides is 1. The van der Waals surface area contributed by atoms with Crippen molar-refractivity contribution in [2.24, 2.45) is 11.7 Å². The van der Waals surface area contributed by atoms with Crippen LogP contribution in [0.3, 0.4) is 0 Å². The summed E-state index contributed by atoms with van der Waals surface area (Å²) in [4.78, 5) is 12.0. The Kier molecular flexibility index (Phi) is 8.01. The normalized spacial score (nSPS) is 24.5. The number of piperidine rings is 1. The molecule has 1 unspecified atom stereocenters. The van der Waals surface area contributed by atoms with Crippen LogP contribution in [0.2, 0.25) is 0 Å². The molecular formula is C12H25ClN4O4S. The van der Waals surface area contributed by atoms with E-state index < -0.39 is 10.2 Å². The summed E-state index contributed by atoms with van der Waals surface area (Å²) in [6, 6.07) is 0. The van der Waals surface area contributed by atoms with Crippen LogP contribution in [-0.2, 0) is 19.7 Å². The highest BCUT2D eigenvalue weighted by atomic mass is 35.5. The molecule has 3 N–H and O–H groups in total. The van der Waals surface area contributed by atoms with E-state index in [9.17, 15) is 13.2 Å². The highest BCUT2D eigenvalue weighted by Crippen LogP contribution is 2.21. The number of carbonyl (C=O) groups is 1. The predicted molar refractivity (Wildman–Crippen MR) is 84.9 cm³/mol. The van der Waals surface area contributed by atoms with Crippen LogP contribution < -0.4 is 11.1 Å². The van der Waals surface area contributed by atoms with Crippen LogP contribution in [0.4, 0.5) is 0 Å². The molecule has 0 saturated carbocycles. The van der Waals surface area contributed by atoms with Crippen LogP contribution in [0.15, 0.2) is 0 Å². The van der Waals surface area contributed by atoms with E-state index >= 15 is 0 Å². The van der Waals surface area contributed by atoms with Crippen molar-refractivity contribution >= 4 is 28.5 Å². The van der Waals surface area contributed by atoms with Crippen molar-refractivity contribution in [2.75, 3.05) is 52.5 Å². The lowest BCUT2D eigenvalue weighted by atomic mass is 9.99. The number of carbonyl (C=O) groups excluding carboxylic acids is 1. The summed E-state index contributed by atoms with van der Waals surface area (Å²) in [5, 5.41) is 2.73. The molecular weight excluding hydrogens is 332 g/mol. The molecule has 0 aromatic carbocycles. The number of nitrogens with two attached hydrogens (primary N) is 1. The SMILES string of the molecule is Cl.NCCNC(=O)C1CCCN(S(=O)(=O)N2CCOCC2)C1. The van der Waals surface area contributed by atoms with Crippen molar-refractivity contribution in [3.63, 3.8) is 0 Å². The zero-order valence-electron chi connectivity index (χ0n) is 12.6. The quantitative estimate of drug-likeness (QED) is 0.642. The van der Waals surface area contributed by atoms with Gasteiger partial charge in [0.05, 0.1) is 19.1 Å². The Morgan fingerprint density at radius 1 is 1.23 bits per heavy atom. The Bertz CT molecular complexity index is 456. The lowest BCUT2D eigenvalue weighted by molar-refractivity contribution is -0.126. The largest absolute Gasteiger partial charge is 0.379 e. The molecule has 2 aliphatic rings. The van der Waals surface area contributed by atoms with Gasteiger partial charge >= 0.3 is 0 Å². The molecule has 130 valence electrons. The van der Waals surface area contributed by atoms with E-state index in [2.05, 4.69) is 5.32 Å². The van der Waals surface area contributed by atoms with Gasteiger partial charge in [0.25, 0.3) is 10.2 Å². The third-order valence-electron chi connectivity index (χ3n) is 3.82. The van der Waals surface area contributed by atoms with Gasteiger partial charge in [-0.2, -0.15) is 17.0 Å². The van der Waals surface area contributed by atoms with Crippen molar-refractivity contribution in [1.82, 2.24) is 13.9 Å². The van der Waals surface area contributed by atoms with Crippen molar-refractivity contribution in [3.05, 3.63) is 0 Å². The van der Waals surface area contributed by atoms with Crippen LogP contribution in [0, 0.1) is 5.92 Å². The van der Waals surface area contributed by atoms with Crippen molar-refractivity contribution in [1.29, 1.82) is 0 Å². The second-order valence-electron chi connectivity index (χ2n) is 5.30. The Morgan fingerprint density at radius 3 is 2.55 bits per heavy atom. The highest BCUT2D eigenvalue weighted by molar-refractivity contribution is 7.86. The molecule has 2 heterocycles. The van der Waals surface area contributed by atoms with Crippen LogP contribution in [0.5, 0.6) is 0 Å². The number of morpholine rings is 1.